The Morgan fingerprint density at radius 1 is 1.20 bits per heavy atom. The van der Waals surface area contributed by atoms with Crippen molar-refractivity contribution < 1.29 is 18.7 Å². The molecular formula is C20H22FNO3. The summed E-state index contributed by atoms with van der Waals surface area (Å²) in [6, 6.07) is 11.9. The van der Waals surface area contributed by atoms with Crippen molar-refractivity contribution in [3.05, 3.63) is 59.4 Å². The quantitative estimate of drug-likeness (QED) is 0.809. The summed E-state index contributed by atoms with van der Waals surface area (Å²) < 4.78 is 24.6. The lowest BCUT2D eigenvalue weighted by atomic mass is 9.97. The van der Waals surface area contributed by atoms with Crippen LogP contribution in [0.3, 0.4) is 0 Å². The van der Waals surface area contributed by atoms with Crippen molar-refractivity contribution in [3.8, 4) is 11.5 Å². The minimum absolute atomic E-state index is 0.0677. The molecule has 0 fully saturated rings. The first-order chi connectivity index (χ1) is 12.1. The number of nitrogens with one attached hydrogen (secondary N) is 1. The summed E-state index contributed by atoms with van der Waals surface area (Å²) in [4.78, 5) is 12.4. The fourth-order valence-corrected chi connectivity index (χ4v) is 2.88. The van der Waals surface area contributed by atoms with Crippen molar-refractivity contribution in [3.63, 3.8) is 0 Å². The number of rotatable bonds is 6. The van der Waals surface area contributed by atoms with Crippen LogP contribution < -0.4 is 14.8 Å². The van der Waals surface area contributed by atoms with E-state index < -0.39 is 0 Å². The minimum Gasteiger partial charge on any atom is -0.490 e. The highest BCUT2D eigenvalue weighted by atomic mass is 19.1. The molecule has 1 heterocycles. The molecule has 0 saturated heterocycles. The molecule has 3 rings (SSSR count). The number of amides is 1. The van der Waals surface area contributed by atoms with Gasteiger partial charge in [-0.1, -0.05) is 31.2 Å². The second-order valence-corrected chi connectivity index (χ2v) is 6.22. The van der Waals surface area contributed by atoms with Crippen molar-refractivity contribution in [1.82, 2.24) is 5.32 Å². The van der Waals surface area contributed by atoms with Gasteiger partial charge in [-0.05, 0) is 31.5 Å². The van der Waals surface area contributed by atoms with Crippen LogP contribution in [0.5, 0.6) is 11.5 Å². The molecule has 0 unspecified atom stereocenters. The van der Waals surface area contributed by atoms with Gasteiger partial charge in [0.2, 0.25) is 0 Å². The van der Waals surface area contributed by atoms with Gasteiger partial charge in [-0.2, -0.15) is 0 Å². The van der Waals surface area contributed by atoms with E-state index in [1.807, 2.05) is 19.1 Å². The number of benzene rings is 2. The molecule has 0 saturated carbocycles. The maximum Gasteiger partial charge on any atom is 0.255 e. The molecule has 1 aliphatic rings. The summed E-state index contributed by atoms with van der Waals surface area (Å²) in [5.74, 6) is 0.640. The van der Waals surface area contributed by atoms with Crippen LogP contribution in [-0.2, 0) is 0 Å². The van der Waals surface area contributed by atoms with Gasteiger partial charge >= 0.3 is 0 Å². The van der Waals surface area contributed by atoms with E-state index in [-0.39, 0.29) is 29.5 Å². The first kappa shape index (κ1) is 17.3. The van der Waals surface area contributed by atoms with Crippen molar-refractivity contribution in [2.24, 2.45) is 0 Å². The Labute approximate surface area is 147 Å². The van der Waals surface area contributed by atoms with Crippen molar-refractivity contribution >= 4 is 5.91 Å². The highest BCUT2D eigenvalue weighted by Crippen LogP contribution is 2.40. The summed E-state index contributed by atoms with van der Waals surface area (Å²) in [6.45, 7) is 4.88. The number of fused-ring (bicyclic) bond motifs is 1. The van der Waals surface area contributed by atoms with Gasteiger partial charge in [0.05, 0.1) is 12.2 Å². The zero-order chi connectivity index (χ0) is 17.8. The van der Waals surface area contributed by atoms with Gasteiger partial charge < -0.3 is 14.8 Å². The number of hydrogen-bond donors (Lipinski definition) is 1. The molecule has 1 amide bonds. The van der Waals surface area contributed by atoms with E-state index in [4.69, 9.17) is 9.47 Å². The Kier molecular flexibility index (Phi) is 5.22. The second kappa shape index (κ2) is 7.55. The molecule has 5 heteroatoms. The molecule has 2 aromatic carbocycles. The second-order valence-electron chi connectivity index (χ2n) is 6.22. The number of halogens is 1. The molecular weight excluding hydrogens is 321 g/mol. The zero-order valence-corrected chi connectivity index (χ0v) is 14.4. The number of carbonyl (C=O) groups excluding carboxylic acids is 1. The molecule has 2 atom stereocenters. The first-order valence-electron chi connectivity index (χ1n) is 8.53. The number of hydrogen-bond acceptors (Lipinski definition) is 3. The fraction of sp³-hybridized carbons (Fsp3) is 0.350. The third-order valence-electron chi connectivity index (χ3n) is 4.49. The van der Waals surface area contributed by atoms with Gasteiger partial charge in [-0.15, -0.1) is 0 Å². The maximum atomic E-state index is 13.4. The van der Waals surface area contributed by atoms with Gasteiger partial charge in [0.25, 0.3) is 5.91 Å². The largest absolute Gasteiger partial charge is 0.490 e. The van der Waals surface area contributed by atoms with Gasteiger partial charge in [-0.3, -0.25) is 4.79 Å². The molecule has 25 heavy (non-hydrogen) atoms. The van der Waals surface area contributed by atoms with Crippen LogP contribution >= 0.6 is 0 Å². The maximum absolute atomic E-state index is 13.4. The van der Waals surface area contributed by atoms with Crippen LogP contribution in [0.2, 0.25) is 0 Å². The summed E-state index contributed by atoms with van der Waals surface area (Å²) >= 11 is 0. The van der Waals surface area contributed by atoms with E-state index in [1.165, 1.54) is 6.07 Å². The molecule has 2 aromatic rings. The Morgan fingerprint density at radius 3 is 2.80 bits per heavy atom. The molecule has 1 N–H and O–H groups in total. The lowest BCUT2D eigenvalue weighted by molar-refractivity contribution is 0.0946. The Morgan fingerprint density at radius 2 is 2.00 bits per heavy atom. The molecule has 132 valence electrons. The smallest absolute Gasteiger partial charge is 0.255 e. The summed E-state index contributed by atoms with van der Waals surface area (Å²) in [5, 5.41) is 2.87. The Balaban J connectivity index is 1.50. The molecule has 0 bridgehead atoms. The van der Waals surface area contributed by atoms with Gasteiger partial charge in [0.1, 0.15) is 11.9 Å². The number of ether oxygens (including phenoxy) is 2. The Hall–Kier alpha value is -2.56. The van der Waals surface area contributed by atoms with Crippen molar-refractivity contribution in [1.29, 1.82) is 0 Å². The third kappa shape index (κ3) is 3.76. The monoisotopic (exact) mass is 343 g/mol. The number of carbonyl (C=O) groups is 1. The SMILES string of the molecule is C[C@@H]1Oc2c(C(=O)NCCCOc3ccccc3F)cccc2[C@H]1C. The number of para-hydroxylation sites is 2. The van der Waals surface area contributed by atoms with E-state index in [2.05, 4.69) is 12.2 Å². The van der Waals surface area contributed by atoms with E-state index >= 15 is 0 Å². The zero-order valence-electron chi connectivity index (χ0n) is 14.4. The fourth-order valence-electron chi connectivity index (χ4n) is 2.88. The molecule has 0 radical (unpaired) electrons. The highest BCUT2D eigenvalue weighted by molar-refractivity contribution is 5.97. The average Bonchev–Trinajstić information content (AvgIpc) is 2.90. The highest BCUT2D eigenvalue weighted by Gasteiger charge is 2.30. The van der Waals surface area contributed by atoms with E-state index in [1.54, 1.807) is 24.3 Å². The molecule has 0 spiro atoms. The predicted octanol–water partition coefficient (Wildman–Crippen LogP) is 3.91. The summed E-state index contributed by atoms with van der Waals surface area (Å²) in [6.07, 6.45) is 0.654. The van der Waals surface area contributed by atoms with E-state index in [9.17, 15) is 9.18 Å². The molecule has 0 aliphatic carbocycles. The molecule has 1 aliphatic heterocycles. The van der Waals surface area contributed by atoms with Crippen LogP contribution in [0.1, 0.15) is 42.1 Å². The topological polar surface area (TPSA) is 47.6 Å². The van der Waals surface area contributed by atoms with Crippen LogP contribution in [0.25, 0.3) is 0 Å². The lowest BCUT2D eigenvalue weighted by Gasteiger charge is -2.10. The van der Waals surface area contributed by atoms with Crippen molar-refractivity contribution in [2.45, 2.75) is 32.3 Å². The first-order valence-corrected chi connectivity index (χ1v) is 8.53. The van der Waals surface area contributed by atoms with Gasteiger partial charge in [-0.25, -0.2) is 4.39 Å². The van der Waals surface area contributed by atoms with Crippen LogP contribution in [-0.4, -0.2) is 25.2 Å². The van der Waals surface area contributed by atoms with Gasteiger partial charge in [0.15, 0.2) is 11.6 Å². The van der Waals surface area contributed by atoms with E-state index in [0.717, 1.165) is 5.56 Å². The van der Waals surface area contributed by atoms with Crippen LogP contribution in [0.15, 0.2) is 42.5 Å². The molecule has 0 aromatic heterocycles. The lowest BCUT2D eigenvalue weighted by Crippen LogP contribution is -2.26. The minimum atomic E-state index is -0.383. The van der Waals surface area contributed by atoms with Crippen LogP contribution in [0, 0.1) is 5.82 Å². The van der Waals surface area contributed by atoms with Crippen molar-refractivity contribution in [2.75, 3.05) is 13.2 Å². The predicted molar refractivity (Wildman–Crippen MR) is 93.8 cm³/mol. The summed E-state index contributed by atoms with van der Waals surface area (Å²) in [7, 11) is 0. The average molecular weight is 343 g/mol. The van der Waals surface area contributed by atoms with Crippen LogP contribution in [0.4, 0.5) is 4.39 Å². The third-order valence-corrected chi connectivity index (χ3v) is 4.49. The Bertz CT molecular complexity index is 762. The molecule has 4 nitrogen and oxygen atoms in total. The normalized spacial score (nSPS) is 18.4. The van der Waals surface area contributed by atoms with Gasteiger partial charge in [0, 0.05) is 18.0 Å². The van der Waals surface area contributed by atoms with E-state index in [0.29, 0.717) is 30.9 Å². The standard InChI is InChI=1S/C20H22FNO3/c1-13-14(2)25-19-15(13)7-5-8-16(19)20(23)22-11-6-12-24-18-10-4-3-9-17(18)21/h3-5,7-10,13-14H,6,11-12H2,1-2H3,(H,22,23)/t13-,14-/m0/s1. The summed E-state index contributed by atoms with van der Waals surface area (Å²) in [5.41, 5.74) is 1.63.